The van der Waals surface area contributed by atoms with Crippen molar-refractivity contribution in [2.45, 2.75) is 97.3 Å². The smallest absolute Gasteiger partial charge is 0.0203 e. The van der Waals surface area contributed by atoms with Gasteiger partial charge < -0.3 is 0 Å². The van der Waals surface area contributed by atoms with Crippen LogP contribution in [0.4, 0.5) is 0 Å². The van der Waals surface area contributed by atoms with Crippen molar-refractivity contribution in [3.8, 4) is 11.8 Å². The highest BCUT2D eigenvalue weighted by Crippen LogP contribution is 2.42. The highest BCUT2D eigenvalue weighted by molar-refractivity contribution is 5.14. The lowest BCUT2D eigenvalue weighted by Crippen LogP contribution is -2.25. The molecule has 2 saturated carbocycles. The van der Waals surface area contributed by atoms with Gasteiger partial charge in [-0.1, -0.05) is 81.7 Å². The van der Waals surface area contributed by atoms with Crippen LogP contribution in [0, 0.1) is 41.4 Å². The van der Waals surface area contributed by atoms with Crippen molar-refractivity contribution < 1.29 is 0 Å². The molecule has 0 aliphatic heterocycles. The Balaban J connectivity index is 1.32. The molecule has 1 unspecified atom stereocenters. The lowest BCUT2D eigenvalue weighted by Gasteiger charge is -2.37. The Kier molecular flexibility index (Phi) is 8.98. The van der Waals surface area contributed by atoms with E-state index in [1.54, 1.807) is 0 Å². The zero-order chi connectivity index (χ0) is 19.6. The minimum atomic E-state index is 0.551. The molecule has 0 heteroatoms. The molecule has 2 fully saturated rings. The van der Waals surface area contributed by atoms with E-state index in [1.165, 1.54) is 89.0 Å². The molecule has 0 N–H and O–H groups in total. The molecule has 0 saturated heterocycles. The standard InChI is InChI=1S/C28H42/c1-3-8-24-15-19-27(20-16-24)28-21-17-26(18-22-28)14-13-23(2)9-7-12-25-10-5-4-6-11-25/h4-6,10-11,23-24,26-28H,3,7-9,12,15-22H2,1-2H3. The third-order valence-corrected chi connectivity index (χ3v) is 7.51. The molecule has 154 valence electrons. The summed E-state index contributed by atoms with van der Waals surface area (Å²) < 4.78 is 0. The Morgan fingerprint density at radius 2 is 1.54 bits per heavy atom. The summed E-state index contributed by atoms with van der Waals surface area (Å²) in [4.78, 5) is 0. The second kappa shape index (κ2) is 11.7. The van der Waals surface area contributed by atoms with E-state index in [0.717, 1.165) is 17.8 Å². The summed E-state index contributed by atoms with van der Waals surface area (Å²) in [5.41, 5.74) is 1.46. The van der Waals surface area contributed by atoms with Crippen molar-refractivity contribution in [3.05, 3.63) is 35.9 Å². The molecule has 0 aromatic heterocycles. The monoisotopic (exact) mass is 378 g/mol. The maximum Gasteiger partial charge on any atom is 0.0203 e. The molecule has 2 aliphatic rings. The number of aryl methyl sites for hydroxylation is 1. The largest absolute Gasteiger partial charge is 0.0999 e. The van der Waals surface area contributed by atoms with E-state index in [0.29, 0.717) is 11.8 Å². The van der Waals surface area contributed by atoms with Crippen LogP contribution in [0.1, 0.15) is 96.5 Å². The molecule has 0 heterocycles. The molecule has 1 aromatic carbocycles. The molecule has 3 rings (SSSR count). The van der Waals surface area contributed by atoms with Crippen molar-refractivity contribution in [2.75, 3.05) is 0 Å². The minimum Gasteiger partial charge on any atom is -0.0999 e. The Morgan fingerprint density at radius 1 is 0.893 bits per heavy atom. The molecule has 0 spiro atoms. The maximum atomic E-state index is 3.67. The van der Waals surface area contributed by atoms with Gasteiger partial charge in [-0.05, 0) is 81.1 Å². The molecule has 2 aliphatic carbocycles. The zero-order valence-electron chi connectivity index (χ0n) is 18.5. The van der Waals surface area contributed by atoms with Crippen molar-refractivity contribution in [1.82, 2.24) is 0 Å². The fourth-order valence-electron chi connectivity index (χ4n) is 5.68. The van der Waals surface area contributed by atoms with Gasteiger partial charge in [0.25, 0.3) is 0 Å². The van der Waals surface area contributed by atoms with Gasteiger partial charge in [0.15, 0.2) is 0 Å². The minimum absolute atomic E-state index is 0.551. The van der Waals surface area contributed by atoms with E-state index in [4.69, 9.17) is 0 Å². The lowest BCUT2D eigenvalue weighted by atomic mass is 9.69. The van der Waals surface area contributed by atoms with Crippen LogP contribution in [0.3, 0.4) is 0 Å². The lowest BCUT2D eigenvalue weighted by molar-refractivity contribution is 0.154. The van der Waals surface area contributed by atoms with E-state index >= 15 is 0 Å². The Bertz CT molecular complexity index is 588. The van der Waals surface area contributed by atoms with Crippen LogP contribution < -0.4 is 0 Å². The SMILES string of the molecule is CCCC1CCC(C2CCC(C#CC(C)CCCc3ccccc3)CC2)CC1. The molecule has 1 atom stereocenters. The molecule has 0 nitrogen and oxygen atoms in total. The average Bonchev–Trinajstić information content (AvgIpc) is 2.74. The van der Waals surface area contributed by atoms with Crippen molar-refractivity contribution >= 4 is 0 Å². The predicted molar refractivity (Wildman–Crippen MR) is 122 cm³/mol. The van der Waals surface area contributed by atoms with Gasteiger partial charge in [-0.3, -0.25) is 0 Å². The summed E-state index contributed by atoms with van der Waals surface area (Å²) in [6.07, 6.45) is 18.2. The fourth-order valence-corrected chi connectivity index (χ4v) is 5.68. The van der Waals surface area contributed by atoms with Crippen LogP contribution in [0.2, 0.25) is 0 Å². The molecular weight excluding hydrogens is 336 g/mol. The number of benzene rings is 1. The first-order valence-electron chi connectivity index (χ1n) is 12.3. The number of rotatable bonds is 7. The van der Waals surface area contributed by atoms with Crippen LogP contribution in [0.15, 0.2) is 30.3 Å². The first-order chi connectivity index (χ1) is 13.7. The van der Waals surface area contributed by atoms with Gasteiger partial charge in [-0.25, -0.2) is 0 Å². The second-order valence-corrected chi connectivity index (χ2v) is 9.75. The third kappa shape index (κ3) is 6.99. The van der Waals surface area contributed by atoms with Crippen LogP contribution in [-0.2, 0) is 6.42 Å². The van der Waals surface area contributed by atoms with E-state index in [1.807, 2.05) is 0 Å². The summed E-state index contributed by atoms with van der Waals surface area (Å²) in [5, 5.41) is 0. The van der Waals surface area contributed by atoms with E-state index in [-0.39, 0.29) is 0 Å². The van der Waals surface area contributed by atoms with Crippen LogP contribution >= 0.6 is 0 Å². The third-order valence-electron chi connectivity index (χ3n) is 7.51. The van der Waals surface area contributed by atoms with Crippen molar-refractivity contribution in [3.63, 3.8) is 0 Å². The van der Waals surface area contributed by atoms with Gasteiger partial charge in [0.05, 0.1) is 0 Å². The van der Waals surface area contributed by atoms with Crippen LogP contribution in [0.25, 0.3) is 0 Å². The van der Waals surface area contributed by atoms with E-state index < -0.39 is 0 Å². The van der Waals surface area contributed by atoms with Gasteiger partial charge in [0.2, 0.25) is 0 Å². The Morgan fingerprint density at radius 3 is 2.18 bits per heavy atom. The quantitative estimate of drug-likeness (QED) is 0.421. The van der Waals surface area contributed by atoms with Crippen molar-refractivity contribution in [2.24, 2.45) is 29.6 Å². The molecule has 0 bridgehead atoms. The Hall–Kier alpha value is -1.22. The van der Waals surface area contributed by atoms with Crippen LogP contribution in [0.5, 0.6) is 0 Å². The molecule has 0 amide bonds. The summed E-state index contributed by atoms with van der Waals surface area (Å²) >= 11 is 0. The average molecular weight is 379 g/mol. The number of hydrogen-bond donors (Lipinski definition) is 0. The van der Waals surface area contributed by atoms with Gasteiger partial charge in [-0.2, -0.15) is 0 Å². The van der Waals surface area contributed by atoms with Crippen molar-refractivity contribution in [1.29, 1.82) is 0 Å². The predicted octanol–water partition coefficient (Wildman–Crippen LogP) is 8.06. The first kappa shape index (κ1) is 21.5. The molecular formula is C28H42. The molecule has 1 aromatic rings. The maximum absolute atomic E-state index is 3.67. The van der Waals surface area contributed by atoms with Gasteiger partial charge >= 0.3 is 0 Å². The van der Waals surface area contributed by atoms with Gasteiger partial charge in [0.1, 0.15) is 0 Å². The molecule has 28 heavy (non-hydrogen) atoms. The fraction of sp³-hybridized carbons (Fsp3) is 0.714. The normalized spacial score (nSPS) is 28.9. The number of hydrogen-bond acceptors (Lipinski definition) is 0. The Labute approximate surface area is 174 Å². The second-order valence-electron chi connectivity index (χ2n) is 9.75. The summed E-state index contributed by atoms with van der Waals surface area (Å²) in [7, 11) is 0. The van der Waals surface area contributed by atoms with Gasteiger partial charge in [-0.15, -0.1) is 0 Å². The van der Waals surface area contributed by atoms with Gasteiger partial charge in [0, 0.05) is 11.8 Å². The zero-order valence-corrected chi connectivity index (χ0v) is 18.5. The highest BCUT2D eigenvalue weighted by Gasteiger charge is 2.30. The summed E-state index contributed by atoms with van der Waals surface area (Å²) in [5.74, 6) is 11.6. The van der Waals surface area contributed by atoms with Crippen LogP contribution in [-0.4, -0.2) is 0 Å². The van der Waals surface area contributed by atoms with E-state index in [2.05, 4.69) is 56.0 Å². The summed E-state index contributed by atoms with van der Waals surface area (Å²) in [6.45, 7) is 4.66. The highest BCUT2D eigenvalue weighted by atomic mass is 14.3. The summed E-state index contributed by atoms with van der Waals surface area (Å²) in [6, 6.07) is 10.9. The topological polar surface area (TPSA) is 0 Å². The first-order valence-corrected chi connectivity index (χ1v) is 12.3. The van der Waals surface area contributed by atoms with E-state index in [9.17, 15) is 0 Å². The molecule has 0 radical (unpaired) electrons.